The van der Waals surface area contributed by atoms with E-state index < -0.39 is 15.9 Å². The van der Waals surface area contributed by atoms with Crippen molar-refractivity contribution in [1.82, 2.24) is 5.32 Å². The molecule has 3 aromatic rings. The summed E-state index contributed by atoms with van der Waals surface area (Å²) in [5, 5.41) is 2.97. The normalized spacial score (nSPS) is 11.2. The Morgan fingerprint density at radius 2 is 1.69 bits per heavy atom. The summed E-state index contributed by atoms with van der Waals surface area (Å²) in [5.74, 6) is 0.686. The number of anilines is 1. The molecule has 3 aromatic carbocycles. The summed E-state index contributed by atoms with van der Waals surface area (Å²) in [7, 11) is -3.78. The zero-order chi connectivity index (χ0) is 23.1. The number of rotatable bonds is 9. The van der Waals surface area contributed by atoms with Crippen LogP contribution in [0, 0.1) is 0 Å². The molecule has 0 aliphatic carbocycles. The molecule has 0 atom stereocenters. The Bertz CT molecular complexity index is 1180. The summed E-state index contributed by atoms with van der Waals surface area (Å²) in [5.41, 5.74) is 1.51. The van der Waals surface area contributed by atoms with Gasteiger partial charge in [0.1, 0.15) is 12.4 Å². The van der Waals surface area contributed by atoms with Gasteiger partial charge in [0, 0.05) is 5.69 Å². The lowest BCUT2D eigenvalue weighted by molar-refractivity contribution is 0.0947. The molecule has 0 spiro atoms. The molecule has 1 amide bonds. The van der Waals surface area contributed by atoms with Crippen molar-refractivity contribution in [3.63, 3.8) is 0 Å². The molecule has 0 saturated carbocycles. The standard InChI is InChI=1S/C24H25ClN2O4S/c1-17(2)20-10-6-7-11-23(20)31-15-14-26-24(28)21-16-18(12-13-22(21)25)27-32(29,30)19-8-4-3-5-9-19/h3-13,16-17,27H,14-15H2,1-2H3,(H,26,28). The van der Waals surface area contributed by atoms with Gasteiger partial charge in [-0.05, 0) is 47.9 Å². The number of halogens is 1. The maximum absolute atomic E-state index is 12.6. The van der Waals surface area contributed by atoms with Gasteiger partial charge in [0.05, 0.1) is 22.0 Å². The van der Waals surface area contributed by atoms with Crippen molar-refractivity contribution in [2.75, 3.05) is 17.9 Å². The van der Waals surface area contributed by atoms with Gasteiger partial charge in [0.15, 0.2) is 0 Å². The number of nitrogens with one attached hydrogen (secondary N) is 2. The first kappa shape index (κ1) is 23.6. The fraction of sp³-hybridized carbons (Fsp3) is 0.208. The first-order valence-corrected chi connectivity index (χ1v) is 12.0. The van der Waals surface area contributed by atoms with Crippen LogP contribution in [0.1, 0.15) is 35.7 Å². The zero-order valence-corrected chi connectivity index (χ0v) is 19.4. The van der Waals surface area contributed by atoms with Crippen molar-refractivity contribution < 1.29 is 17.9 Å². The minimum Gasteiger partial charge on any atom is -0.491 e. The van der Waals surface area contributed by atoms with Gasteiger partial charge < -0.3 is 10.1 Å². The number of hydrogen-bond donors (Lipinski definition) is 2. The number of benzene rings is 3. The molecular formula is C24H25ClN2O4S. The minimum atomic E-state index is -3.78. The van der Waals surface area contributed by atoms with Crippen LogP contribution in [0.4, 0.5) is 5.69 Å². The summed E-state index contributed by atoms with van der Waals surface area (Å²) < 4.78 is 33.3. The topological polar surface area (TPSA) is 84.5 Å². The predicted octanol–water partition coefficient (Wildman–Crippen LogP) is 5.07. The molecule has 0 aliphatic rings. The first-order valence-electron chi connectivity index (χ1n) is 10.2. The molecule has 168 valence electrons. The van der Waals surface area contributed by atoms with Crippen LogP contribution in [0.15, 0.2) is 77.7 Å². The minimum absolute atomic E-state index is 0.125. The first-order chi connectivity index (χ1) is 15.3. The van der Waals surface area contributed by atoms with E-state index in [1.165, 1.54) is 30.3 Å². The van der Waals surface area contributed by atoms with Gasteiger partial charge in [-0.2, -0.15) is 0 Å². The Morgan fingerprint density at radius 1 is 1.00 bits per heavy atom. The van der Waals surface area contributed by atoms with Gasteiger partial charge in [-0.25, -0.2) is 8.42 Å². The molecule has 6 nitrogen and oxygen atoms in total. The summed E-state index contributed by atoms with van der Waals surface area (Å²) >= 11 is 6.17. The third kappa shape index (κ3) is 6.02. The number of carbonyl (C=O) groups excluding carboxylic acids is 1. The Morgan fingerprint density at radius 3 is 2.41 bits per heavy atom. The molecule has 0 fully saturated rings. The Kier molecular flexibility index (Phi) is 7.77. The van der Waals surface area contributed by atoms with E-state index in [-0.39, 0.29) is 34.3 Å². The lowest BCUT2D eigenvalue weighted by atomic mass is 10.0. The van der Waals surface area contributed by atoms with Crippen molar-refractivity contribution in [3.05, 3.63) is 88.9 Å². The lowest BCUT2D eigenvalue weighted by Crippen LogP contribution is -2.28. The molecule has 0 unspecified atom stereocenters. The number of hydrogen-bond acceptors (Lipinski definition) is 4. The maximum Gasteiger partial charge on any atom is 0.261 e. The highest BCUT2D eigenvalue weighted by Gasteiger charge is 2.16. The molecule has 0 saturated heterocycles. The Hall–Kier alpha value is -3.03. The molecule has 0 radical (unpaired) electrons. The average Bonchev–Trinajstić information content (AvgIpc) is 2.78. The van der Waals surface area contributed by atoms with Crippen LogP contribution < -0.4 is 14.8 Å². The van der Waals surface area contributed by atoms with E-state index in [9.17, 15) is 13.2 Å². The van der Waals surface area contributed by atoms with Crippen molar-refractivity contribution in [2.24, 2.45) is 0 Å². The van der Waals surface area contributed by atoms with E-state index in [1.54, 1.807) is 18.2 Å². The summed E-state index contributed by atoms with van der Waals surface area (Å²) in [6.07, 6.45) is 0. The molecule has 2 N–H and O–H groups in total. The monoisotopic (exact) mass is 472 g/mol. The number of amides is 1. The molecule has 0 aliphatic heterocycles. The second kappa shape index (κ2) is 10.5. The van der Waals surface area contributed by atoms with E-state index in [4.69, 9.17) is 16.3 Å². The highest BCUT2D eigenvalue weighted by molar-refractivity contribution is 7.92. The highest BCUT2D eigenvalue weighted by atomic mass is 35.5. The SMILES string of the molecule is CC(C)c1ccccc1OCCNC(=O)c1cc(NS(=O)(=O)c2ccccc2)ccc1Cl. The molecule has 3 rings (SSSR count). The van der Waals surface area contributed by atoms with E-state index in [0.29, 0.717) is 5.92 Å². The number of para-hydroxylation sites is 1. The van der Waals surface area contributed by atoms with Gasteiger partial charge in [-0.3, -0.25) is 9.52 Å². The maximum atomic E-state index is 12.6. The third-order valence-corrected chi connectivity index (χ3v) is 6.43. The van der Waals surface area contributed by atoms with Gasteiger partial charge >= 0.3 is 0 Å². The van der Waals surface area contributed by atoms with Crippen LogP contribution in [0.5, 0.6) is 5.75 Å². The fourth-order valence-corrected chi connectivity index (χ4v) is 4.36. The van der Waals surface area contributed by atoms with Crippen LogP contribution in [-0.4, -0.2) is 27.5 Å². The Balaban J connectivity index is 1.62. The zero-order valence-electron chi connectivity index (χ0n) is 17.8. The average molecular weight is 473 g/mol. The number of sulfonamides is 1. The summed E-state index contributed by atoms with van der Waals surface area (Å²) in [4.78, 5) is 12.7. The van der Waals surface area contributed by atoms with Crippen molar-refractivity contribution in [3.8, 4) is 5.75 Å². The van der Waals surface area contributed by atoms with E-state index >= 15 is 0 Å². The Labute approximate surface area is 193 Å². The van der Waals surface area contributed by atoms with Gasteiger partial charge in [-0.1, -0.05) is 61.8 Å². The largest absolute Gasteiger partial charge is 0.491 e. The summed E-state index contributed by atoms with van der Waals surface area (Å²) in [6, 6.07) is 20.2. The molecule has 0 aromatic heterocycles. The highest BCUT2D eigenvalue weighted by Crippen LogP contribution is 2.26. The summed E-state index contributed by atoms with van der Waals surface area (Å²) in [6.45, 7) is 4.73. The van der Waals surface area contributed by atoms with Crippen LogP contribution in [-0.2, 0) is 10.0 Å². The van der Waals surface area contributed by atoms with Crippen LogP contribution in [0.3, 0.4) is 0 Å². The quantitative estimate of drug-likeness (QED) is 0.425. The lowest BCUT2D eigenvalue weighted by Gasteiger charge is -2.14. The van der Waals surface area contributed by atoms with Crippen molar-refractivity contribution >= 4 is 33.2 Å². The van der Waals surface area contributed by atoms with Crippen LogP contribution >= 0.6 is 11.6 Å². The third-order valence-electron chi connectivity index (χ3n) is 4.70. The van der Waals surface area contributed by atoms with Gasteiger partial charge in [0.2, 0.25) is 0 Å². The van der Waals surface area contributed by atoms with E-state index in [2.05, 4.69) is 23.9 Å². The molecule has 32 heavy (non-hydrogen) atoms. The second-order valence-corrected chi connectivity index (χ2v) is 9.50. The fourth-order valence-electron chi connectivity index (χ4n) is 3.09. The van der Waals surface area contributed by atoms with Gasteiger partial charge in [-0.15, -0.1) is 0 Å². The number of carbonyl (C=O) groups is 1. The van der Waals surface area contributed by atoms with E-state index in [1.807, 2.05) is 24.3 Å². The van der Waals surface area contributed by atoms with Crippen molar-refractivity contribution in [1.29, 1.82) is 0 Å². The number of ether oxygens (including phenoxy) is 1. The molecule has 8 heteroatoms. The van der Waals surface area contributed by atoms with Crippen LogP contribution in [0.25, 0.3) is 0 Å². The smallest absolute Gasteiger partial charge is 0.261 e. The van der Waals surface area contributed by atoms with Crippen LogP contribution in [0.2, 0.25) is 5.02 Å². The van der Waals surface area contributed by atoms with Crippen molar-refractivity contribution in [2.45, 2.75) is 24.7 Å². The van der Waals surface area contributed by atoms with E-state index in [0.717, 1.165) is 11.3 Å². The molecule has 0 heterocycles. The predicted molar refractivity (Wildman–Crippen MR) is 127 cm³/mol. The molecule has 0 bridgehead atoms. The molecular weight excluding hydrogens is 448 g/mol. The second-order valence-electron chi connectivity index (χ2n) is 7.41. The van der Waals surface area contributed by atoms with Gasteiger partial charge in [0.25, 0.3) is 15.9 Å².